The van der Waals surface area contributed by atoms with Crippen LogP contribution in [0.4, 0.5) is 11.9 Å². The van der Waals surface area contributed by atoms with Crippen LogP contribution in [0.1, 0.15) is 37.7 Å². The number of piperazine rings is 1. The second kappa shape index (κ2) is 10.9. The molecule has 0 unspecified atom stereocenters. The molecule has 4 aromatic heterocycles. The molecule has 7 heterocycles. The summed E-state index contributed by atoms with van der Waals surface area (Å²) in [6.07, 6.45) is 13.7. The zero-order chi connectivity index (χ0) is 26.0. The summed E-state index contributed by atoms with van der Waals surface area (Å²) < 4.78 is 7.60. The average molecular weight is 529 g/mol. The van der Waals surface area contributed by atoms with Gasteiger partial charge in [0.1, 0.15) is 0 Å². The van der Waals surface area contributed by atoms with E-state index < -0.39 is 0 Å². The molecule has 3 aliphatic rings. The Morgan fingerprint density at radius 2 is 1.62 bits per heavy atom. The molecule has 0 N–H and O–H groups in total. The van der Waals surface area contributed by atoms with Crippen molar-refractivity contribution < 1.29 is 4.42 Å². The molecule has 0 aromatic carbocycles. The maximum atomic E-state index is 5.65. The van der Waals surface area contributed by atoms with Gasteiger partial charge in [0.05, 0.1) is 6.26 Å². The lowest BCUT2D eigenvalue weighted by molar-refractivity contribution is 0.141. The first-order valence-electron chi connectivity index (χ1n) is 14.3. The van der Waals surface area contributed by atoms with Crippen molar-refractivity contribution in [2.24, 2.45) is 0 Å². The lowest BCUT2D eigenvalue weighted by Gasteiger charge is -2.40. The summed E-state index contributed by atoms with van der Waals surface area (Å²) in [6, 6.07) is 6.33. The van der Waals surface area contributed by atoms with Gasteiger partial charge in [-0.05, 0) is 57.0 Å². The average Bonchev–Trinajstić information content (AvgIpc) is 3.70. The largest absolute Gasteiger partial charge is 0.461 e. The number of aromatic nitrogens is 6. The van der Waals surface area contributed by atoms with Crippen molar-refractivity contribution in [2.75, 3.05) is 62.2 Å². The molecule has 0 bridgehead atoms. The Morgan fingerprint density at radius 3 is 2.36 bits per heavy atom. The normalized spacial score (nSPS) is 20.2. The smallest absolute Gasteiger partial charge is 0.228 e. The summed E-state index contributed by atoms with van der Waals surface area (Å²) in [6.45, 7) is 8.89. The van der Waals surface area contributed by atoms with Crippen LogP contribution in [-0.4, -0.2) is 97.7 Å². The van der Waals surface area contributed by atoms with Gasteiger partial charge in [0.15, 0.2) is 11.4 Å². The van der Waals surface area contributed by atoms with Gasteiger partial charge in [0, 0.05) is 76.0 Å². The first-order chi connectivity index (χ1) is 19.3. The van der Waals surface area contributed by atoms with Crippen molar-refractivity contribution in [3.8, 4) is 11.6 Å². The van der Waals surface area contributed by atoms with Crippen LogP contribution in [-0.2, 0) is 6.54 Å². The third-order valence-corrected chi connectivity index (χ3v) is 8.42. The Bertz CT molecular complexity index is 1350. The minimum absolute atomic E-state index is 0.602. The Morgan fingerprint density at radius 1 is 0.821 bits per heavy atom. The number of likely N-dealkylation sites (tertiary alicyclic amines) is 1. The van der Waals surface area contributed by atoms with Crippen LogP contribution in [0.25, 0.3) is 17.2 Å². The van der Waals surface area contributed by atoms with E-state index in [1.54, 1.807) is 18.7 Å². The summed E-state index contributed by atoms with van der Waals surface area (Å²) in [5.74, 6) is 2.96. The van der Waals surface area contributed by atoms with Crippen molar-refractivity contribution in [3.05, 3.63) is 48.6 Å². The Kier molecular flexibility index (Phi) is 6.84. The molecule has 7 rings (SSSR count). The van der Waals surface area contributed by atoms with E-state index in [1.807, 2.05) is 28.9 Å². The highest BCUT2D eigenvalue weighted by Crippen LogP contribution is 2.27. The van der Waals surface area contributed by atoms with Crippen molar-refractivity contribution >= 4 is 17.5 Å². The van der Waals surface area contributed by atoms with Crippen LogP contribution in [0.3, 0.4) is 0 Å². The van der Waals surface area contributed by atoms with Crippen LogP contribution in [0.5, 0.6) is 0 Å². The van der Waals surface area contributed by atoms with Gasteiger partial charge in [0.2, 0.25) is 17.7 Å². The number of rotatable bonds is 6. The van der Waals surface area contributed by atoms with E-state index in [9.17, 15) is 0 Å². The Labute approximate surface area is 228 Å². The van der Waals surface area contributed by atoms with E-state index in [1.165, 1.54) is 45.2 Å². The lowest BCUT2D eigenvalue weighted by Crippen LogP contribution is -2.47. The first kappa shape index (κ1) is 24.5. The van der Waals surface area contributed by atoms with Crippen LogP contribution in [0, 0.1) is 0 Å². The number of hydrogen-bond donors (Lipinski definition) is 0. The highest BCUT2D eigenvalue weighted by molar-refractivity contribution is 5.58. The molecule has 3 aliphatic heterocycles. The molecule has 11 nitrogen and oxygen atoms in total. The molecule has 0 aliphatic carbocycles. The Hall–Kier alpha value is -3.57. The summed E-state index contributed by atoms with van der Waals surface area (Å²) in [4.78, 5) is 28.5. The quantitative estimate of drug-likeness (QED) is 0.372. The van der Waals surface area contributed by atoms with Gasteiger partial charge in [-0.2, -0.15) is 4.52 Å². The molecule has 0 radical (unpaired) electrons. The first-order valence-corrected chi connectivity index (χ1v) is 14.3. The molecule has 39 heavy (non-hydrogen) atoms. The molecular weight excluding hydrogens is 492 g/mol. The minimum Gasteiger partial charge on any atom is -0.461 e. The molecule has 0 spiro atoms. The molecule has 204 valence electrons. The summed E-state index contributed by atoms with van der Waals surface area (Å²) >= 11 is 0. The fourth-order valence-electron chi connectivity index (χ4n) is 6.26. The van der Waals surface area contributed by atoms with E-state index in [4.69, 9.17) is 19.5 Å². The number of fused-ring (bicyclic) bond motifs is 1. The molecular formula is C28H36N10O. The van der Waals surface area contributed by atoms with Crippen LogP contribution >= 0.6 is 0 Å². The molecule has 4 aromatic rings. The van der Waals surface area contributed by atoms with Crippen LogP contribution in [0.15, 0.2) is 47.5 Å². The topological polar surface area (TPSA) is 95.0 Å². The van der Waals surface area contributed by atoms with E-state index in [0.717, 1.165) is 68.9 Å². The van der Waals surface area contributed by atoms with Crippen LogP contribution < -0.4 is 9.80 Å². The number of anilines is 2. The third-order valence-electron chi connectivity index (χ3n) is 8.42. The molecule has 0 saturated carbocycles. The van der Waals surface area contributed by atoms with Gasteiger partial charge >= 0.3 is 0 Å². The van der Waals surface area contributed by atoms with E-state index in [0.29, 0.717) is 17.6 Å². The Balaban J connectivity index is 1.10. The van der Waals surface area contributed by atoms with Gasteiger partial charge in [0.25, 0.3) is 0 Å². The summed E-state index contributed by atoms with van der Waals surface area (Å²) in [7, 11) is 0. The van der Waals surface area contributed by atoms with Gasteiger partial charge < -0.3 is 19.1 Å². The van der Waals surface area contributed by atoms with Crippen molar-refractivity contribution in [3.63, 3.8) is 0 Å². The van der Waals surface area contributed by atoms with E-state index in [-0.39, 0.29) is 0 Å². The highest BCUT2D eigenvalue weighted by Gasteiger charge is 2.29. The van der Waals surface area contributed by atoms with Gasteiger partial charge in [-0.1, -0.05) is 6.42 Å². The minimum atomic E-state index is 0.602. The fraction of sp³-hybridized carbons (Fsp3) is 0.536. The number of piperidine rings is 2. The molecule has 3 fully saturated rings. The number of furan rings is 1. The second-order valence-corrected chi connectivity index (χ2v) is 10.9. The van der Waals surface area contributed by atoms with Crippen molar-refractivity contribution in [2.45, 2.75) is 44.7 Å². The SMILES string of the molecule is c1cnc(N2CCN(Cc3cnc(N4CCC(N5CCCCC5)CC4)n4nc(-c5ccco5)nc34)CC2)nc1. The van der Waals surface area contributed by atoms with Gasteiger partial charge in [-0.3, -0.25) is 4.90 Å². The van der Waals surface area contributed by atoms with E-state index in [2.05, 4.69) is 29.6 Å². The second-order valence-electron chi connectivity index (χ2n) is 10.9. The maximum Gasteiger partial charge on any atom is 0.228 e. The molecule has 0 amide bonds. The zero-order valence-electron chi connectivity index (χ0n) is 22.4. The monoisotopic (exact) mass is 528 g/mol. The molecule has 0 atom stereocenters. The lowest BCUT2D eigenvalue weighted by atomic mass is 10.00. The predicted molar refractivity (Wildman–Crippen MR) is 149 cm³/mol. The predicted octanol–water partition coefficient (Wildman–Crippen LogP) is 2.95. The van der Waals surface area contributed by atoms with Crippen LogP contribution in [0.2, 0.25) is 0 Å². The summed E-state index contributed by atoms with van der Waals surface area (Å²) in [5.41, 5.74) is 1.94. The fourth-order valence-corrected chi connectivity index (χ4v) is 6.26. The zero-order valence-corrected chi connectivity index (χ0v) is 22.4. The summed E-state index contributed by atoms with van der Waals surface area (Å²) in [5, 5.41) is 4.90. The van der Waals surface area contributed by atoms with Gasteiger partial charge in [-0.25, -0.2) is 19.9 Å². The molecule has 11 heteroatoms. The van der Waals surface area contributed by atoms with Crippen molar-refractivity contribution in [1.82, 2.24) is 39.3 Å². The third kappa shape index (κ3) is 5.08. The van der Waals surface area contributed by atoms with Gasteiger partial charge in [-0.15, -0.1) is 5.10 Å². The highest BCUT2D eigenvalue weighted by atomic mass is 16.3. The number of nitrogens with zero attached hydrogens (tertiary/aromatic N) is 10. The standard InChI is InChI=1S/C28H36N10O/c1-2-11-35(12-3-1)23-7-13-37(14-8-23)28-31-20-22(26-32-25(33-38(26)28)24-6-4-19-39-24)21-34-15-17-36(18-16-34)27-29-9-5-10-30-27/h4-6,9-10,19-20,23H,1-3,7-8,11-18,21H2. The molecule has 3 saturated heterocycles. The number of hydrogen-bond acceptors (Lipinski definition) is 10. The maximum absolute atomic E-state index is 5.65. The van der Waals surface area contributed by atoms with Crippen molar-refractivity contribution in [1.29, 1.82) is 0 Å². The van der Waals surface area contributed by atoms with E-state index >= 15 is 0 Å².